The predicted molar refractivity (Wildman–Crippen MR) is 136 cm³/mol. The van der Waals surface area contributed by atoms with E-state index in [2.05, 4.69) is 62.6 Å². The Morgan fingerprint density at radius 3 is 2.56 bits per heavy atom. The summed E-state index contributed by atoms with van der Waals surface area (Å²) >= 11 is 0. The quantitative estimate of drug-likeness (QED) is 0.397. The van der Waals surface area contributed by atoms with Crippen molar-refractivity contribution in [1.29, 1.82) is 0 Å². The van der Waals surface area contributed by atoms with E-state index >= 15 is 0 Å². The summed E-state index contributed by atoms with van der Waals surface area (Å²) in [6, 6.07) is 10.5. The summed E-state index contributed by atoms with van der Waals surface area (Å²) in [6.45, 7) is 13.3. The van der Waals surface area contributed by atoms with Crippen LogP contribution in [0.5, 0.6) is 0 Å². The van der Waals surface area contributed by atoms with Crippen LogP contribution < -0.4 is 0 Å². The van der Waals surface area contributed by atoms with E-state index in [0.717, 1.165) is 61.8 Å². The van der Waals surface area contributed by atoms with E-state index in [1.165, 1.54) is 18.1 Å². The highest BCUT2D eigenvalue weighted by atomic mass is 16.5. The minimum absolute atomic E-state index is 0.0234. The van der Waals surface area contributed by atoms with Gasteiger partial charge in [-0.25, -0.2) is 0 Å². The van der Waals surface area contributed by atoms with E-state index in [1.807, 2.05) is 6.07 Å². The molecule has 0 fully saturated rings. The van der Waals surface area contributed by atoms with Gasteiger partial charge in [0.15, 0.2) is 0 Å². The molecule has 0 N–H and O–H groups in total. The predicted octanol–water partition coefficient (Wildman–Crippen LogP) is 6.18. The number of rotatable bonds is 4. The molecule has 1 aliphatic heterocycles. The fourth-order valence-corrected chi connectivity index (χ4v) is 6.42. The molecule has 1 aromatic carbocycles. The second-order valence-electron chi connectivity index (χ2n) is 11.0. The molecule has 4 heteroatoms. The molecule has 1 heterocycles. The first-order valence-electron chi connectivity index (χ1n) is 12.8. The number of carbonyl (C=O) groups is 2. The second-order valence-corrected chi connectivity index (χ2v) is 11.0. The maximum absolute atomic E-state index is 13.7. The van der Waals surface area contributed by atoms with Gasteiger partial charge in [0.1, 0.15) is 6.10 Å². The molecule has 2 bridgehead atoms. The molecule has 0 radical (unpaired) electrons. The van der Waals surface area contributed by atoms with E-state index < -0.39 is 0 Å². The molecule has 0 unspecified atom stereocenters. The monoisotopic (exact) mass is 461 g/mol. The molecule has 1 aromatic rings. The van der Waals surface area contributed by atoms with Gasteiger partial charge in [-0.3, -0.25) is 9.59 Å². The van der Waals surface area contributed by atoms with E-state index in [4.69, 9.17) is 4.74 Å². The lowest BCUT2D eigenvalue weighted by Crippen LogP contribution is -2.41. The van der Waals surface area contributed by atoms with Gasteiger partial charge in [-0.1, -0.05) is 61.9 Å². The van der Waals surface area contributed by atoms with Crippen molar-refractivity contribution in [3.05, 3.63) is 70.8 Å². The molecule has 4 nitrogen and oxygen atoms in total. The van der Waals surface area contributed by atoms with Crippen LogP contribution in [0.25, 0.3) is 0 Å². The largest absolute Gasteiger partial charge is 0.458 e. The molecule has 0 aromatic heterocycles. The van der Waals surface area contributed by atoms with Crippen molar-refractivity contribution in [2.75, 3.05) is 6.54 Å². The Balaban J connectivity index is 1.69. The maximum atomic E-state index is 13.7. The number of hydrogen-bond donors (Lipinski definition) is 0. The Kier molecular flexibility index (Phi) is 7.16. The zero-order chi connectivity index (χ0) is 24.5. The SMILES string of the molecule is C=C1CC[C@@H]2CCC3=C([C@@H](C/C(C)=C/[C@@H](OC(C)=O)C1)N(CCc1ccccc1)C3=O)C2(C)C. The van der Waals surface area contributed by atoms with Crippen LogP contribution in [0.4, 0.5) is 0 Å². The number of esters is 1. The number of hydrogen-bond acceptors (Lipinski definition) is 3. The van der Waals surface area contributed by atoms with Crippen molar-refractivity contribution < 1.29 is 14.3 Å². The summed E-state index contributed by atoms with van der Waals surface area (Å²) in [4.78, 5) is 27.6. The molecule has 1 amide bonds. The zero-order valence-corrected chi connectivity index (χ0v) is 21.2. The highest BCUT2D eigenvalue weighted by Crippen LogP contribution is 2.53. The average Bonchev–Trinajstić information content (AvgIpc) is 3.03. The zero-order valence-electron chi connectivity index (χ0n) is 21.2. The molecular formula is C30H39NO3. The minimum atomic E-state index is -0.291. The van der Waals surface area contributed by atoms with Crippen LogP contribution in [0.15, 0.2) is 65.3 Å². The lowest BCUT2D eigenvalue weighted by molar-refractivity contribution is -0.144. The van der Waals surface area contributed by atoms with Crippen molar-refractivity contribution in [3.63, 3.8) is 0 Å². The van der Waals surface area contributed by atoms with Crippen molar-refractivity contribution in [2.45, 2.75) is 84.8 Å². The average molecular weight is 462 g/mol. The number of ether oxygens (including phenoxy) is 1. The summed E-state index contributed by atoms with van der Waals surface area (Å²) in [7, 11) is 0. The van der Waals surface area contributed by atoms with Crippen LogP contribution in [0.2, 0.25) is 0 Å². The third-order valence-corrected chi connectivity index (χ3v) is 8.13. The van der Waals surface area contributed by atoms with Crippen molar-refractivity contribution in [3.8, 4) is 0 Å². The number of fused-ring (bicyclic) bond motifs is 1. The van der Waals surface area contributed by atoms with Crippen LogP contribution in [-0.2, 0) is 20.7 Å². The van der Waals surface area contributed by atoms with Gasteiger partial charge in [0, 0.05) is 25.5 Å². The Labute approximate surface area is 204 Å². The smallest absolute Gasteiger partial charge is 0.303 e. The summed E-state index contributed by atoms with van der Waals surface area (Å²) in [5.74, 6) is 0.479. The van der Waals surface area contributed by atoms with Crippen LogP contribution in [0.3, 0.4) is 0 Å². The Bertz CT molecular complexity index is 1020. The molecule has 182 valence electrons. The fraction of sp³-hybridized carbons (Fsp3) is 0.533. The van der Waals surface area contributed by atoms with Crippen LogP contribution in [-0.4, -0.2) is 35.5 Å². The van der Waals surface area contributed by atoms with Gasteiger partial charge in [-0.15, -0.1) is 0 Å². The molecule has 0 saturated carbocycles. The van der Waals surface area contributed by atoms with Gasteiger partial charge in [0.25, 0.3) is 0 Å². The first kappa shape index (κ1) is 24.5. The van der Waals surface area contributed by atoms with E-state index in [1.54, 1.807) is 0 Å². The minimum Gasteiger partial charge on any atom is -0.458 e. The first-order valence-corrected chi connectivity index (χ1v) is 12.8. The highest BCUT2D eigenvalue weighted by molar-refractivity contribution is 5.98. The molecule has 0 spiro atoms. The van der Waals surface area contributed by atoms with Gasteiger partial charge in [0.05, 0.1) is 6.04 Å². The lowest BCUT2D eigenvalue weighted by Gasteiger charge is -2.43. The van der Waals surface area contributed by atoms with Gasteiger partial charge in [0.2, 0.25) is 5.91 Å². The van der Waals surface area contributed by atoms with Crippen molar-refractivity contribution in [1.82, 2.24) is 4.90 Å². The molecule has 0 saturated heterocycles. The van der Waals surface area contributed by atoms with Crippen molar-refractivity contribution in [2.24, 2.45) is 11.3 Å². The van der Waals surface area contributed by atoms with Crippen LogP contribution in [0.1, 0.15) is 71.8 Å². The Hall–Kier alpha value is -2.62. The standard InChI is InChI=1S/C30H39NO3/c1-20-11-12-24-13-14-26-28(30(24,4)5)27(19-21(2)18-25(17-20)34-22(3)32)31(29(26)33)16-15-23-9-7-6-8-10-23/h6-10,18,24-25,27H,1,11-17,19H2,2-5H3/b21-18+/t24-,25+,27-/m1/s1. The molecule has 2 aliphatic carbocycles. The third-order valence-electron chi connectivity index (χ3n) is 8.13. The van der Waals surface area contributed by atoms with E-state index in [0.29, 0.717) is 12.3 Å². The van der Waals surface area contributed by atoms with E-state index in [9.17, 15) is 9.59 Å². The maximum Gasteiger partial charge on any atom is 0.303 e. The lowest BCUT2D eigenvalue weighted by atomic mass is 9.62. The second kappa shape index (κ2) is 9.93. The highest BCUT2D eigenvalue weighted by Gasteiger charge is 2.49. The van der Waals surface area contributed by atoms with Crippen molar-refractivity contribution >= 4 is 11.9 Å². The summed E-state index contributed by atoms with van der Waals surface area (Å²) in [5.41, 5.74) is 5.93. The topological polar surface area (TPSA) is 46.6 Å². The van der Waals surface area contributed by atoms with E-state index in [-0.39, 0.29) is 29.4 Å². The molecule has 3 aliphatic rings. The van der Waals surface area contributed by atoms with Gasteiger partial charge in [-0.05, 0) is 74.0 Å². The Morgan fingerprint density at radius 1 is 1.15 bits per heavy atom. The normalized spacial score (nSPS) is 28.6. The van der Waals surface area contributed by atoms with Crippen LogP contribution in [0, 0.1) is 11.3 Å². The summed E-state index contributed by atoms with van der Waals surface area (Å²) in [5, 5.41) is 0. The third kappa shape index (κ3) is 5.06. The molecular weight excluding hydrogens is 422 g/mol. The number of amides is 1. The van der Waals surface area contributed by atoms with Gasteiger partial charge >= 0.3 is 5.97 Å². The first-order chi connectivity index (χ1) is 16.2. The summed E-state index contributed by atoms with van der Waals surface area (Å²) in [6.07, 6.45) is 8.00. The van der Waals surface area contributed by atoms with Gasteiger partial charge in [-0.2, -0.15) is 0 Å². The molecule has 3 atom stereocenters. The molecule has 34 heavy (non-hydrogen) atoms. The number of benzene rings is 1. The number of nitrogens with zero attached hydrogens (tertiary/aromatic N) is 1. The fourth-order valence-electron chi connectivity index (χ4n) is 6.42. The summed E-state index contributed by atoms with van der Waals surface area (Å²) < 4.78 is 5.63. The Morgan fingerprint density at radius 2 is 1.85 bits per heavy atom. The van der Waals surface area contributed by atoms with Crippen LogP contribution >= 0.6 is 0 Å². The number of carbonyl (C=O) groups excluding carboxylic acids is 2. The molecule has 4 rings (SSSR count). The van der Waals surface area contributed by atoms with Gasteiger partial charge < -0.3 is 9.64 Å².